The average molecular weight is 420 g/mol. The van der Waals surface area contributed by atoms with E-state index in [9.17, 15) is 31.1 Å². The number of aromatic nitrogens is 1. The Morgan fingerprint density at radius 2 is 1.69 bits per heavy atom. The predicted octanol–water partition coefficient (Wildman–Crippen LogP) is 4.89. The van der Waals surface area contributed by atoms with E-state index in [0.29, 0.717) is 5.56 Å². The number of rotatable bonds is 3. The third-order valence-corrected chi connectivity index (χ3v) is 5.65. The standard InChI is InChI=1S/C20H22F6N2O/c1-3-14-17(20(24,25)26)15-10-12(4-5-16(15)27(2)18(14)29)11-28-8-6-13(7-9-28)19(21,22)23/h4-5,10,13H,3,6-9,11H2,1-2H3. The summed E-state index contributed by atoms with van der Waals surface area (Å²) in [6.07, 6.45) is -8.97. The van der Waals surface area contributed by atoms with Crippen LogP contribution in [0.4, 0.5) is 26.3 Å². The van der Waals surface area contributed by atoms with Crippen LogP contribution in [0.1, 0.15) is 36.5 Å². The molecule has 2 heterocycles. The second-order valence-corrected chi connectivity index (χ2v) is 7.51. The molecule has 1 saturated heterocycles. The zero-order chi connectivity index (χ0) is 21.6. The molecule has 0 aliphatic carbocycles. The molecule has 1 aromatic carbocycles. The second kappa shape index (κ2) is 7.66. The van der Waals surface area contributed by atoms with Crippen molar-refractivity contribution < 1.29 is 26.3 Å². The van der Waals surface area contributed by atoms with Gasteiger partial charge < -0.3 is 4.57 Å². The van der Waals surface area contributed by atoms with Gasteiger partial charge in [0.1, 0.15) is 0 Å². The molecule has 1 aromatic heterocycles. The maximum atomic E-state index is 13.8. The molecule has 0 spiro atoms. The summed E-state index contributed by atoms with van der Waals surface area (Å²) in [5.74, 6) is -1.33. The van der Waals surface area contributed by atoms with Crippen molar-refractivity contribution in [3.05, 3.63) is 45.2 Å². The zero-order valence-electron chi connectivity index (χ0n) is 16.1. The predicted molar refractivity (Wildman–Crippen MR) is 97.6 cm³/mol. The first-order chi connectivity index (χ1) is 13.4. The molecule has 9 heteroatoms. The van der Waals surface area contributed by atoms with Gasteiger partial charge in [0.05, 0.1) is 17.0 Å². The van der Waals surface area contributed by atoms with Gasteiger partial charge in [0.25, 0.3) is 5.56 Å². The number of aryl methyl sites for hydroxylation is 1. The van der Waals surface area contributed by atoms with Gasteiger partial charge in [0, 0.05) is 24.5 Å². The highest BCUT2D eigenvalue weighted by Crippen LogP contribution is 2.37. The van der Waals surface area contributed by atoms with Gasteiger partial charge in [-0.3, -0.25) is 9.69 Å². The highest BCUT2D eigenvalue weighted by Gasteiger charge is 2.41. The van der Waals surface area contributed by atoms with Crippen molar-refractivity contribution in [2.75, 3.05) is 13.1 Å². The van der Waals surface area contributed by atoms with Gasteiger partial charge in [-0.1, -0.05) is 13.0 Å². The normalized spacial score (nSPS) is 17.2. The fraction of sp³-hybridized carbons (Fsp3) is 0.550. The molecular weight excluding hydrogens is 398 g/mol. The van der Waals surface area contributed by atoms with Crippen molar-refractivity contribution in [3.63, 3.8) is 0 Å². The van der Waals surface area contributed by atoms with E-state index in [-0.39, 0.29) is 55.4 Å². The van der Waals surface area contributed by atoms with Crippen LogP contribution < -0.4 is 5.56 Å². The van der Waals surface area contributed by atoms with Crippen molar-refractivity contribution in [1.82, 2.24) is 9.47 Å². The zero-order valence-corrected chi connectivity index (χ0v) is 16.1. The van der Waals surface area contributed by atoms with E-state index in [0.717, 1.165) is 0 Å². The Bertz CT molecular complexity index is 953. The number of piperidine rings is 1. The summed E-state index contributed by atoms with van der Waals surface area (Å²) in [5, 5.41) is -0.0564. The molecule has 3 rings (SSSR count). The van der Waals surface area contributed by atoms with Crippen molar-refractivity contribution >= 4 is 10.9 Å². The van der Waals surface area contributed by atoms with Gasteiger partial charge in [-0.05, 0) is 50.0 Å². The number of likely N-dealkylation sites (tertiary alicyclic amines) is 1. The molecule has 0 bridgehead atoms. The van der Waals surface area contributed by atoms with Gasteiger partial charge in [0.15, 0.2) is 0 Å². The summed E-state index contributed by atoms with van der Waals surface area (Å²) in [4.78, 5) is 14.2. The Kier molecular flexibility index (Phi) is 5.73. The number of pyridine rings is 1. The number of alkyl halides is 6. The van der Waals surface area contributed by atoms with E-state index in [1.807, 2.05) is 4.90 Å². The third-order valence-electron chi connectivity index (χ3n) is 5.65. The lowest BCUT2D eigenvalue weighted by Gasteiger charge is -2.33. The molecule has 2 aromatic rings. The SMILES string of the molecule is CCc1c(C(F)(F)F)c2cc(CN3CCC(C(F)(F)F)CC3)ccc2n(C)c1=O. The van der Waals surface area contributed by atoms with Gasteiger partial charge >= 0.3 is 12.4 Å². The summed E-state index contributed by atoms with van der Waals surface area (Å²) in [7, 11) is 1.44. The summed E-state index contributed by atoms with van der Waals surface area (Å²) in [6.45, 7) is 2.25. The number of hydrogen-bond donors (Lipinski definition) is 0. The molecule has 0 saturated carbocycles. The van der Waals surface area contributed by atoms with Crippen molar-refractivity contribution in [3.8, 4) is 0 Å². The van der Waals surface area contributed by atoms with Crippen LogP contribution in [-0.4, -0.2) is 28.7 Å². The Hall–Kier alpha value is -2.03. The van der Waals surface area contributed by atoms with Crippen LogP contribution in [-0.2, 0) is 26.2 Å². The summed E-state index contributed by atoms with van der Waals surface area (Å²) in [6, 6.07) is 4.51. The number of nitrogens with zero attached hydrogens (tertiary/aromatic N) is 2. The molecule has 1 aliphatic heterocycles. The Morgan fingerprint density at radius 3 is 2.21 bits per heavy atom. The minimum Gasteiger partial charge on any atom is -0.311 e. The number of halogens is 6. The van der Waals surface area contributed by atoms with E-state index in [2.05, 4.69) is 0 Å². The molecule has 3 nitrogen and oxygen atoms in total. The molecular formula is C20H22F6N2O. The van der Waals surface area contributed by atoms with E-state index in [1.54, 1.807) is 6.07 Å². The summed E-state index contributed by atoms with van der Waals surface area (Å²) < 4.78 is 80.9. The lowest BCUT2D eigenvalue weighted by molar-refractivity contribution is -0.185. The van der Waals surface area contributed by atoms with Crippen molar-refractivity contribution in [2.45, 2.75) is 45.1 Å². The quantitative estimate of drug-likeness (QED) is 0.661. The number of fused-ring (bicyclic) bond motifs is 1. The van der Waals surface area contributed by atoms with Crippen LogP contribution >= 0.6 is 0 Å². The lowest BCUT2D eigenvalue weighted by atomic mass is 9.95. The highest BCUT2D eigenvalue weighted by molar-refractivity contribution is 5.85. The van der Waals surface area contributed by atoms with E-state index >= 15 is 0 Å². The third kappa shape index (κ3) is 4.29. The van der Waals surface area contributed by atoms with Crippen LogP contribution in [0.15, 0.2) is 23.0 Å². The maximum absolute atomic E-state index is 13.8. The van der Waals surface area contributed by atoms with E-state index < -0.39 is 29.4 Å². The fourth-order valence-electron chi connectivity index (χ4n) is 4.08. The van der Waals surface area contributed by atoms with Crippen LogP contribution in [0.5, 0.6) is 0 Å². The van der Waals surface area contributed by atoms with Gasteiger partial charge in [-0.15, -0.1) is 0 Å². The molecule has 1 fully saturated rings. The maximum Gasteiger partial charge on any atom is 0.417 e. The Morgan fingerprint density at radius 1 is 1.07 bits per heavy atom. The molecule has 29 heavy (non-hydrogen) atoms. The molecule has 160 valence electrons. The van der Waals surface area contributed by atoms with Crippen LogP contribution in [0, 0.1) is 5.92 Å². The first-order valence-electron chi connectivity index (χ1n) is 9.44. The molecule has 0 amide bonds. The summed E-state index contributed by atoms with van der Waals surface area (Å²) in [5.41, 5.74) is -1.12. The minimum absolute atomic E-state index is 0.0145. The Labute approximate surface area is 163 Å². The lowest BCUT2D eigenvalue weighted by Crippen LogP contribution is -2.38. The number of benzene rings is 1. The van der Waals surface area contributed by atoms with Crippen LogP contribution in [0.2, 0.25) is 0 Å². The van der Waals surface area contributed by atoms with E-state index in [1.165, 1.54) is 30.7 Å². The van der Waals surface area contributed by atoms with Crippen molar-refractivity contribution in [2.24, 2.45) is 13.0 Å². The Balaban J connectivity index is 1.96. The average Bonchev–Trinajstić information content (AvgIpc) is 2.63. The second-order valence-electron chi connectivity index (χ2n) is 7.51. The van der Waals surface area contributed by atoms with Gasteiger partial charge in [0.2, 0.25) is 0 Å². The smallest absolute Gasteiger partial charge is 0.311 e. The molecule has 0 N–H and O–H groups in total. The first-order valence-corrected chi connectivity index (χ1v) is 9.44. The molecule has 1 aliphatic rings. The fourth-order valence-corrected chi connectivity index (χ4v) is 4.08. The van der Waals surface area contributed by atoms with Crippen LogP contribution in [0.25, 0.3) is 10.9 Å². The van der Waals surface area contributed by atoms with Crippen LogP contribution in [0.3, 0.4) is 0 Å². The highest BCUT2D eigenvalue weighted by atomic mass is 19.4. The van der Waals surface area contributed by atoms with Gasteiger partial charge in [-0.2, -0.15) is 26.3 Å². The summed E-state index contributed by atoms with van der Waals surface area (Å²) >= 11 is 0. The van der Waals surface area contributed by atoms with E-state index in [4.69, 9.17) is 0 Å². The first kappa shape index (κ1) is 21.7. The van der Waals surface area contributed by atoms with Gasteiger partial charge in [-0.25, -0.2) is 0 Å². The van der Waals surface area contributed by atoms with Crippen molar-refractivity contribution in [1.29, 1.82) is 0 Å². The number of hydrogen-bond acceptors (Lipinski definition) is 2. The monoisotopic (exact) mass is 420 g/mol. The molecule has 0 unspecified atom stereocenters. The molecule has 0 atom stereocenters. The molecule has 0 radical (unpaired) electrons. The topological polar surface area (TPSA) is 25.2 Å². The minimum atomic E-state index is -4.68. The largest absolute Gasteiger partial charge is 0.417 e.